The van der Waals surface area contributed by atoms with Crippen molar-refractivity contribution in [2.24, 2.45) is 5.10 Å². The van der Waals surface area contributed by atoms with E-state index in [4.69, 9.17) is 10.5 Å². The summed E-state index contributed by atoms with van der Waals surface area (Å²) in [5, 5.41) is 17.3. The van der Waals surface area contributed by atoms with Crippen LogP contribution in [0.4, 0.5) is 17.1 Å². The van der Waals surface area contributed by atoms with Gasteiger partial charge < -0.3 is 15.8 Å². The van der Waals surface area contributed by atoms with Crippen LogP contribution in [-0.4, -0.2) is 29.6 Å². The number of hydrogen-bond donors (Lipinski definition) is 3. The molecule has 0 aliphatic carbocycles. The lowest BCUT2D eigenvalue weighted by molar-refractivity contribution is -0.384. The van der Waals surface area contributed by atoms with E-state index in [0.717, 1.165) is 0 Å². The van der Waals surface area contributed by atoms with Gasteiger partial charge in [-0.15, -0.1) is 0 Å². The number of non-ortho nitro benzene ring substituents is 1. The number of nitro benzene ring substituents is 1. The van der Waals surface area contributed by atoms with E-state index in [1.165, 1.54) is 25.3 Å². The highest BCUT2D eigenvalue weighted by Gasteiger charge is 2.14. The summed E-state index contributed by atoms with van der Waals surface area (Å²) >= 11 is 0. The van der Waals surface area contributed by atoms with Crippen molar-refractivity contribution >= 4 is 34.6 Å². The summed E-state index contributed by atoms with van der Waals surface area (Å²) in [6, 6.07) is 10.4. The van der Waals surface area contributed by atoms with E-state index in [0.29, 0.717) is 11.4 Å². The van der Waals surface area contributed by atoms with Gasteiger partial charge in [0.15, 0.2) is 0 Å². The average molecular weight is 385 g/mol. The highest BCUT2D eigenvalue weighted by molar-refractivity contribution is 6.07. The molecule has 0 aliphatic rings. The topological polar surface area (TPSA) is 149 Å². The minimum Gasteiger partial charge on any atom is -0.495 e. The molecule has 10 nitrogen and oxygen atoms in total. The molecule has 0 saturated heterocycles. The molecule has 146 valence electrons. The van der Waals surface area contributed by atoms with Crippen LogP contribution in [0.3, 0.4) is 0 Å². The number of nitro groups is 1. The van der Waals surface area contributed by atoms with Gasteiger partial charge in [-0.25, -0.2) is 5.43 Å². The molecule has 2 amide bonds. The van der Waals surface area contributed by atoms with Crippen LogP contribution in [0.15, 0.2) is 47.6 Å². The molecule has 0 aromatic heterocycles. The molecule has 10 heteroatoms. The van der Waals surface area contributed by atoms with E-state index in [2.05, 4.69) is 15.8 Å². The van der Waals surface area contributed by atoms with Crippen LogP contribution in [0.1, 0.15) is 23.7 Å². The van der Waals surface area contributed by atoms with Gasteiger partial charge in [0.05, 0.1) is 29.7 Å². The fourth-order valence-electron chi connectivity index (χ4n) is 2.28. The van der Waals surface area contributed by atoms with Crippen LogP contribution in [0.5, 0.6) is 5.75 Å². The lowest BCUT2D eigenvalue weighted by Crippen LogP contribution is -2.22. The maximum atomic E-state index is 12.2. The molecule has 2 aromatic rings. The summed E-state index contributed by atoms with van der Waals surface area (Å²) < 4.78 is 5.09. The molecule has 2 rings (SSSR count). The summed E-state index contributed by atoms with van der Waals surface area (Å²) in [5.74, 6) is -0.701. The van der Waals surface area contributed by atoms with Crippen molar-refractivity contribution in [3.63, 3.8) is 0 Å². The molecule has 0 atom stereocenters. The first-order valence-electron chi connectivity index (χ1n) is 8.12. The van der Waals surface area contributed by atoms with Crippen LogP contribution in [0.25, 0.3) is 0 Å². The van der Waals surface area contributed by atoms with Crippen molar-refractivity contribution in [3.8, 4) is 5.75 Å². The van der Waals surface area contributed by atoms with Crippen LogP contribution < -0.4 is 21.2 Å². The third kappa shape index (κ3) is 5.27. The van der Waals surface area contributed by atoms with Crippen molar-refractivity contribution in [2.45, 2.75) is 13.3 Å². The van der Waals surface area contributed by atoms with Gasteiger partial charge >= 0.3 is 0 Å². The SMILES string of the molecule is COc1ccc([N+](=O)[O-])cc1NC(=O)C/C(C)=N/NC(=O)c1ccccc1N. The Labute approximate surface area is 160 Å². The highest BCUT2D eigenvalue weighted by Crippen LogP contribution is 2.28. The Kier molecular flexibility index (Phi) is 6.63. The Balaban J connectivity index is 2.01. The lowest BCUT2D eigenvalue weighted by Gasteiger charge is -2.10. The van der Waals surface area contributed by atoms with E-state index in [9.17, 15) is 19.7 Å². The Morgan fingerprint density at radius 1 is 1.25 bits per heavy atom. The summed E-state index contributed by atoms with van der Waals surface area (Å²) in [6.07, 6.45) is -0.142. The molecular weight excluding hydrogens is 366 g/mol. The van der Waals surface area contributed by atoms with Gasteiger partial charge in [-0.05, 0) is 25.1 Å². The fraction of sp³-hybridized carbons (Fsp3) is 0.167. The largest absolute Gasteiger partial charge is 0.495 e. The summed E-state index contributed by atoms with van der Waals surface area (Å²) in [4.78, 5) is 34.6. The number of hydrazone groups is 1. The predicted molar refractivity (Wildman–Crippen MR) is 104 cm³/mol. The van der Waals surface area contributed by atoms with Gasteiger partial charge in [0, 0.05) is 23.5 Å². The normalized spacial score (nSPS) is 10.9. The van der Waals surface area contributed by atoms with Crippen molar-refractivity contribution in [3.05, 3.63) is 58.1 Å². The average Bonchev–Trinajstić information content (AvgIpc) is 2.66. The number of para-hydroxylation sites is 1. The van der Waals surface area contributed by atoms with Crippen molar-refractivity contribution < 1.29 is 19.2 Å². The van der Waals surface area contributed by atoms with Crippen molar-refractivity contribution in [2.75, 3.05) is 18.2 Å². The van der Waals surface area contributed by atoms with Gasteiger partial charge in [-0.1, -0.05) is 12.1 Å². The Bertz CT molecular complexity index is 942. The molecule has 0 aliphatic heterocycles. The van der Waals surface area contributed by atoms with Crippen LogP contribution in [-0.2, 0) is 4.79 Å². The number of nitrogens with two attached hydrogens (primary N) is 1. The molecule has 0 spiro atoms. The standard InChI is InChI=1S/C18H19N5O5/c1-11(21-22-18(25)13-5-3-4-6-14(13)19)9-17(24)20-15-10-12(23(26)27)7-8-16(15)28-2/h3-8,10H,9,19H2,1-2H3,(H,20,24)(H,22,25)/b21-11+. The van der Waals surface area contributed by atoms with E-state index in [-0.39, 0.29) is 29.1 Å². The molecule has 0 unspecified atom stereocenters. The van der Waals surface area contributed by atoms with Gasteiger partial charge in [-0.2, -0.15) is 5.10 Å². The number of carbonyl (C=O) groups is 2. The Morgan fingerprint density at radius 3 is 2.61 bits per heavy atom. The molecule has 0 radical (unpaired) electrons. The number of carbonyl (C=O) groups excluding carboxylic acids is 2. The van der Waals surface area contributed by atoms with Crippen LogP contribution in [0, 0.1) is 10.1 Å². The van der Waals surface area contributed by atoms with E-state index in [1.807, 2.05) is 0 Å². The Morgan fingerprint density at radius 2 is 1.96 bits per heavy atom. The van der Waals surface area contributed by atoms with Gasteiger partial charge in [0.25, 0.3) is 11.6 Å². The fourth-order valence-corrected chi connectivity index (χ4v) is 2.28. The number of amides is 2. The molecule has 2 aromatic carbocycles. The van der Waals surface area contributed by atoms with Gasteiger partial charge in [-0.3, -0.25) is 19.7 Å². The minimum atomic E-state index is -0.577. The lowest BCUT2D eigenvalue weighted by atomic mass is 10.2. The minimum absolute atomic E-state index is 0.142. The number of nitrogens with one attached hydrogen (secondary N) is 2. The number of nitrogen functional groups attached to an aromatic ring is 1. The zero-order valence-electron chi connectivity index (χ0n) is 15.3. The van der Waals surface area contributed by atoms with Crippen LogP contribution in [0.2, 0.25) is 0 Å². The second-order valence-corrected chi connectivity index (χ2v) is 5.74. The van der Waals surface area contributed by atoms with Crippen LogP contribution >= 0.6 is 0 Å². The first-order chi connectivity index (χ1) is 13.3. The summed E-state index contributed by atoms with van der Waals surface area (Å²) in [5.41, 5.74) is 8.93. The van der Waals surface area contributed by atoms with E-state index in [1.54, 1.807) is 31.2 Å². The predicted octanol–water partition coefficient (Wildman–Crippen LogP) is 2.32. The molecule has 0 fully saturated rings. The zero-order valence-corrected chi connectivity index (χ0v) is 15.3. The number of ether oxygens (including phenoxy) is 1. The molecule has 28 heavy (non-hydrogen) atoms. The maximum Gasteiger partial charge on any atom is 0.273 e. The first-order valence-corrected chi connectivity index (χ1v) is 8.12. The maximum absolute atomic E-state index is 12.2. The second-order valence-electron chi connectivity index (χ2n) is 5.74. The first kappa shape index (κ1) is 20.4. The molecular formula is C18H19N5O5. The summed E-state index contributed by atoms with van der Waals surface area (Å²) in [7, 11) is 1.38. The molecule has 0 heterocycles. The number of methoxy groups -OCH3 is 1. The summed E-state index contributed by atoms with van der Waals surface area (Å²) in [6.45, 7) is 1.55. The number of hydrogen-bond acceptors (Lipinski definition) is 7. The quantitative estimate of drug-likeness (QED) is 0.288. The van der Waals surface area contributed by atoms with Crippen molar-refractivity contribution in [1.29, 1.82) is 0 Å². The molecule has 0 bridgehead atoms. The van der Waals surface area contributed by atoms with Crippen molar-refractivity contribution in [1.82, 2.24) is 5.43 Å². The smallest absolute Gasteiger partial charge is 0.273 e. The number of anilines is 2. The molecule has 0 saturated carbocycles. The van der Waals surface area contributed by atoms with Gasteiger partial charge in [0.2, 0.25) is 5.91 Å². The van der Waals surface area contributed by atoms with E-state index >= 15 is 0 Å². The second kappa shape index (κ2) is 9.12. The van der Waals surface area contributed by atoms with Gasteiger partial charge in [0.1, 0.15) is 5.75 Å². The zero-order chi connectivity index (χ0) is 20.7. The Hall–Kier alpha value is -3.95. The number of rotatable bonds is 7. The number of nitrogens with zero attached hydrogens (tertiary/aromatic N) is 2. The monoisotopic (exact) mass is 385 g/mol. The third-order valence-electron chi connectivity index (χ3n) is 3.64. The number of benzene rings is 2. The molecule has 4 N–H and O–H groups in total. The third-order valence-corrected chi connectivity index (χ3v) is 3.64. The van der Waals surface area contributed by atoms with E-state index < -0.39 is 16.7 Å². The highest BCUT2D eigenvalue weighted by atomic mass is 16.6.